The molecule has 0 unspecified atom stereocenters. The Balaban J connectivity index is 1.84. The lowest BCUT2D eigenvalue weighted by atomic mass is 10.2. The lowest BCUT2D eigenvalue weighted by molar-refractivity contribution is 0.575. The maximum atomic E-state index is 9.09. The molecular weight excluding hydrogens is 252 g/mol. The number of imidazole rings is 2. The number of benzene rings is 1. The van der Waals surface area contributed by atoms with Gasteiger partial charge < -0.3 is 14.9 Å². The number of hydrogen-bond acceptors (Lipinski definition) is 4. The maximum Gasteiger partial charge on any atom is 0.201 e. The molecular formula is C14H14N6. The quantitative estimate of drug-likeness (QED) is 0.779. The third kappa shape index (κ3) is 2.10. The minimum Gasteiger partial charge on any atom is -0.369 e. The summed E-state index contributed by atoms with van der Waals surface area (Å²) in [5, 5.41) is 9.09. The van der Waals surface area contributed by atoms with E-state index in [0.717, 1.165) is 25.0 Å². The number of nitrogens with zero attached hydrogens (tertiary/aromatic N) is 5. The number of nitriles is 1. The summed E-state index contributed by atoms with van der Waals surface area (Å²) in [6.07, 6.45) is 6.41. The van der Waals surface area contributed by atoms with Crippen LogP contribution in [-0.2, 0) is 13.1 Å². The van der Waals surface area contributed by atoms with Gasteiger partial charge in [-0.2, -0.15) is 5.26 Å². The fraction of sp³-hybridized carbons (Fsp3) is 0.214. The van der Waals surface area contributed by atoms with Crippen LogP contribution in [0.2, 0.25) is 0 Å². The van der Waals surface area contributed by atoms with Crippen molar-refractivity contribution < 1.29 is 0 Å². The zero-order chi connectivity index (χ0) is 13.9. The second-order valence-electron chi connectivity index (χ2n) is 4.56. The minimum atomic E-state index is 0.452. The summed E-state index contributed by atoms with van der Waals surface area (Å²) in [7, 11) is 0. The molecule has 1 aromatic carbocycles. The lowest BCUT2D eigenvalue weighted by Crippen LogP contribution is -2.06. The molecule has 20 heavy (non-hydrogen) atoms. The molecule has 6 heteroatoms. The van der Waals surface area contributed by atoms with Crippen LogP contribution in [0.5, 0.6) is 0 Å². The Hall–Kier alpha value is -2.81. The average Bonchev–Trinajstić information content (AvgIpc) is 3.07. The molecule has 0 fully saturated rings. The Morgan fingerprint density at radius 1 is 1.30 bits per heavy atom. The van der Waals surface area contributed by atoms with Gasteiger partial charge in [0.2, 0.25) is 5.95 Å². The van der Waals surface area contributed by atoms with Gasteiger partial charge in [-0.15, -0.1) is 0 Å². The Kier molecular flexibility index (Phi) is 3.09. The fourth-order valence-electron chi connectivity index (χ4n) is 2.32. The van der Waals surface area contributed by atoms with E-state index in [2.05, 4.69) is 16.0 Å². The largest absolute Gasteiger partial charge is 0.369 e. The van der Waals surface area contributed by atoms with Gasteiger partial charge >= 0.3 is 0 Å². The molecule has 0 saturated carbocycles. The molecule has 0 aliphatic heterocycles. The molecule has 2 N–H and O–H groups in total. The summed E-state index contributed by atoms with van der Waals surface area (Å²) >= 11 is 0. The van der Waals surface area contributed by atoms with Crippen molar-refractivity contribution in [1.29, 1.82) is 5.26 Å². The standard InChI is InChI=1S/C14H14N6/c15-9-11-3-1-4-12-13(11)18-14(16)20(12)7-2-6-19-8-5-17-10-19/h1,3-5,8,10H,2,6-7H2,(H2,16,18). The summed E-state index contributed by atoms with van der Waals surface area (Å²) in [5.74, 6) is 0.452. The van der Waals surface area contributed by atoms with E-state index < -0.39 is 0 Å². The highest BCUT2D eigenvalue weighted by Crippen LogP contribution is 2.21. The summed E-state index contributed by atoms with van der Waals surface area (Å²) in [5.41, 5.74) is 8.10. The molecule has 0 aliphatic rings. The Morgan fingerprint density at radius 3 is 2.95 bits per heavy atom. The van der Waals surface area contributed by atoms with E-state index in [1.165, 1.54) is 0 Å². The molecule has 3 rings (SSSR count). The van der Waals surface area contributed by atoms with Gasteiger partial charge in [-0.3, -0.25) is 0 Å². The highest BCUT2D eigenvalue weighted by Gasteiger charge is 2.10. The SMILES string of the molecule is N#Cc1cccc2c1nc(N)n2CCCn1ccnc1. The zero-order valence-corrected chi connectivity index (χ0v) is 10.9. The predicted octanol–water partition coefficient (Wildman–Crippen LogP) is 1.78. The van der Waals surface area contributed by atoms with E-state index in [0.29, 0.717) is 17.0 Å². The molecule has 0 amide bonds. The van der Waals surface area contributed by atoms with Crippen molar-refractivity contribution in [2.75, 3.05) is 5.73 Å². The molecule has 0 radical (unpaired) electrons. The second kappa shape index (κ2) is 5.05. The smallest absolute Gasteiger partial charge is 0.201 e. The van der Waals surface area contributed by atoms with Crippen LogP contribution in [0.4, 0.5) is 5.95 Å². The number of para-hydroxylation sites is 1. The third-order valence-corrected chi connectivity index (χ3v) is 3.29. The lowest BCUT2D eigenvalue weighted by Gasteiger charge is -2.07. The number of aryl methyl sites for hydroxylation is 2. The Bertz CT molecular complexity index is 763. The van der Waals surface area contributed by atoms with Crippen LogP contribution in [0.25, 0.3) is 11.0 Å². The number of nitrogens with two attached hydrogens (primary N) is 1. The summed E-state index contributed by atoms with van der Waals surface area (Å²) < 4.78 is 3.98. The van der Waals surface area contributed by atoms with Gasteiger partial charge in [-0.05, 0) is 18.6 Å². The Morgan fingerprint density at radius 2 is 2.20 bits per heavy atom. The maximum absolute atomic E-state index is 9.09. The van der Waals surface area contributed by atoms with Crippen molar-refractivity contribution in [2.45, 2.75) is 19.5 Å². The number of rotatable bonds is 4. The van der Waals surface area contributed by atoms with E-state index in [9.17, 15) is 0 Å². The minimum absolute atomic E-state index is 0.452. The molecule has 2 heterocycles. The van der Waals surface area contributed by atoms with Crippen LogP contribution < -0.4 is 5.73 Å². The number of hydrogen-bond donors (Lipinski definition) is 1. The van der Waals surface area contributed by atoms with Gasteiger partial charge in [-0.25, -0.2) is 9.97 Å². The van der Waals surface area contributed by atoms with Gasteiger partial charge in [-0.1, -0.05) is 6.07 Å². The van der Waals surface area contributed by atoms with Crippen LogP contribution in [-0.4, -0.2) is 19.1 Å². The van der Waals surface area contributed by atoms with E-state index >= 15 is 0 Å². The van der Waals surface area contributed by atoms with E-state index in [4.69, 9.17) is 11.0 Å². The molecule has 0 spiro atoms. The first-order chi connectivity index (χ1) is 9.79. The first-order valence-corrected chi connectivity index (χ1v) is 6.40. The number of aromatic nitrogens is 4. The molecule has 2 aromatic heterocycles. The third-order valence-electron chi connectivity index (χ3n) is 3.29. The van der Waals surface area contributed by atoms with Crippen molar-refractivity contribution in [3.63, 3.8) is 0 Å². The predicted molar refractivity (Wildman–Crippen MR) is 75.7 cm³/mol. The van der Waals surface area contributed by atoms with Crippen molar-refractivity contribution in [3.05, 3.63) is 42.5 Å². The zero-order valence-electron chi connectivity index (χ0n) is 10.9. The van der Waals surface area contributed by atoms with Crippen molar-refractivity contribution in [1.82, 2.24) is 19.1 Å². The molecule has 0 atom stereocenters. The molecule has 0 saturated heterocycles. The van der Waals surface area contributed by atoms with E-state index in [-0.39, 0.29) is 0 Å². The first kappa shape index (κ1) is 12.2. The van der Waals surface area contributed by atoms with Gasteiger partial charge in [0.25, 0.3) is 0 Å². The fourth-order valence-corrected chi connectivity index (χ4v) is 2.32. The normalized spacial score (nSPS) is 10.8. The van der Waals surface area contributed by atoms with Crippen LogP contribution in [0, 0.1) is 11.3 Å². The summed E-state index contributed by atoms with van der Waals surface area (Å²) in [4.78, 5) is 8.31. The van der Waals surface area contributed by atoms with Crippen LogP contribution >= 0.6 is 0 Å². The van der Waals surface area contributed by atoms with E-state index in [1.54, 1.807) is 18.6 Å². The van der Waals surface area contributed by atoms with Crippen LogP contribution in [0.1, 0.15) is 12.0 Å². The summed E-state index contributed by atoms with van der Waals surface area (Å²) in [6, 6.07) is 7.70. The first-order valence-electron chi connectivity index (χ1n) is 6.40. The van der Waals surface area contributed by atoms with Crippen molar-refractivity contribution in [2.24, 2.45) is 0 Å². The van der Waals surface area contributed by atoms with Gasteiger partial charge in [0.1, 0.15) is 11.6 Å². The van der Waals surface area contributed by atoms with Gasteiger partial charge in [0.05, 0.1) is 17.4 Å². The Labute approximate surface area is 116 Å². The number of fused-ring (bicyclic) bond motifs is 1. The molecule has 100 valence electrons. The van der Waals surface area contributed by atoms with Gasteiger partial charge in [0, 0.05) is 25.5 Å². The molecule has 0 bridgehead atoms. The highest BCUT2D eigenvalue weighted by molar-refractivity contribution is 5.83. The summed E-state index contributed by atoms with van der Waals surface area (Å²) in [6.45, 7) is 1.63. The molecule has 0 aliphatic carbocycles. The number of nitrogen functional groups attached to an aromatic ring is 1. The van der Waals surface area contributed by atoms with Crippen LogP contribution in [0.15, 0.2) is 36.9 Å². The topological polar surface area (TPSA) is 85.5 Å². The van der Waals surface area contributed by atoms with E-state index in [1.807, 2.05) is 27.5 Å². The average molecular weight is 266 g/mol. The van der Waals surface area contributed by atoms with Crippen molar-refractivity contribution >= 4 is 17.0 Å². The highest BCUT2D eigenvalue weighted by atomic mass is 15.2. The van der Waals surface area contributed by atoms with Crippen LogP contribution in [0.3, 0.4) is 0 Å². The van der Waals surface area contributed by atoms with Gasteiger partial charge in [0.15, 0.2) is 0 Å². The molecule has 3 aromatic rings. The monoisotopic (exact) mass is 266 g/mol. The second-order valence-corrected chi connectivity index (χ2v) is 4.56. The molecule has 6 nitrogen and oxygen atoms in total. The van der Waals surface area contributed by atoms with Crippen molar-refractivity contribution in [3.8, 4) is 6.07 Å². The number of anilines is 1.